The molecule has 0 aromatic heterocycles. The summed E-state index contributed by atoms with van der Waals surface area (Å²) in [5.41, 5.74) is -1.39. The van der Waals surface area contributed by atoms with Crippen LogP contribution in [0.25, 0.3) is 0 Å². The molecule has 0 aliphatic heterocycles. The van der Waals surface area contributed by atoms with E-state index >= 15 is 0 Å². The lowest BCUT2D eigenvalue weighted by atomic mass is 9.95. The highest BCUT2D eigenvalue weighted by atomic mass is 16.6. The fourth-order valence-corrected chi connectivity index (χ4v) is 1.21. The maximum Gasteiger partial charge on any atom is 0.314 e. The van der Waals surface area contributed by atoms with Crippen LogP contribution in [0.4, 0.5) is 5.69 Å². The molecule has 7 heteroatoms. The lowest BCUT2D eigenvalue weighted by Gasteiger charge is -2.19. The van der Waals surface area contributed by atoms with Gasteiger partial charge in [-0.2, -0.15) is 0 Å². The first-order chi connectivity index (χ1) is 8.77. The molecule has 0 radical (unpaired) electrons. The normalized spacial score (nSPS) is 10.9. The lowest BCUT2D eigenvalue weighted by Crippen LogP contribution is -2.30. The van der Waals surface area contributed by atoms with Gasteiger partial charge in [-0.05, 0) is 26.0 Å². The first-order valence-corrected chi connectivity index (χ1v) is 5.46. The van der Waals surface area contributed by atoms with Crippen LogP contribution in [0.1, 0.15) is 13.8 Å². The number of rotatable bonds is 6. The number of carboxylic acids is 1. The molecule has 0 saturated carbocycles. The summed E-state index contributed by atoms with van der Waals surface area (Å²) in [5.74, 6) is -0.694. The molecule has 0 bridgehead atoms. The zero-order chi connectivity index (χ0) is 14.6. The van der Waals surface area contributed by atoms with E-state index in [1.807, 2.05) is 0 Å². The highest BCUT2D eigenvalue weighted by molar-refractivity contribution is 5.73. The van der Waals surface area contributed by atoms with Crippen LogP contribution in [0.3, 0.4) is 0 Å². The van der Waals surface area contributed by atoms with Crippen molar-refractivity contribution in [3.05, 3.63) is 28.3 Å². The van der Waals surface area contributed by atoms with E-state index in [2.05, 4.69) is 0 Å². The summed E-state index contributed by atoms with van der Waals surface area (Å²) < 4.78 is 10.1. The Bertz CT molecular complexity index is 497. The van der Waals surface area contributed by atoms with Crippen molar-refractivity contribution in [2.45, 2.75) is 13.8 Å². The number of benzene rings is 1. The third kappa shape index (κ3) is 3.57. The Morgan fingerprint density at radius 1 is 1.47 bits per heavy atom. The molecule has 19 heavy (non-hydrogen) atoms. The van der Waals surface area contributed by atoms with E-state index in [1.165, 1.54) is 39.2 Å². The average molecular weight is 269 g/mol. The first-order valence-electron chi connectivity index (χ1n) is 5.46. The van der Waals surface area contributed by atoms with Gasteiger partial charge in [0.15, 0.2) is 5.75 Å². The molecule has 1 N–H and O–H groups in total. The summed E-state index contributed by atoms with van der Waals surface area (Å²) >= 11 is 0. The number of aliphatic carboxylic acids is 1. The second-order valence-corrected chi connectivity index (χ2v) is 4.57. The van der Waals surface area contributed by atoms with Gasteiger partial charge in [0.25, 0.3) is 0 Å². The van der Waals surface area contributed by atoms with Crippen molar-refractivity contribution in [1.82, 2.24) is 0 Å². The molecule has 0 aliphatic rings. The second kappa shape index (κ2) is 5.55. The van der Waals surface area contributed by atoms with Crippen molar-refractivity contribution in [2.75, 3.05) is 13.7 Å². The molecule has 0 atom stereocenters. The van der Waals surface area contributed by atoms with Crippen LogP contribution >= 0.6 is 0 Å². The molecule has 1 aromatic rings. The van der Waals surface area contributed by atoms with Gasteiger partial charge in [-0.3, -0.25) is 14.9 Å². The minimum atomic E-state index is -1.13. The Kier molecular flexibility index (Phi) is 4.31. The van der Waals surface area contributed by atoms with Crippen molar-refractivity contribution >= 4 is 11.7 Å². The summed E-state index contributed by atoms with van der Waals surface area (Å²) in [6.45, 7) is 2.78. The number of nitro benzene ring substituents is 1. The molecule has 0 spiro atoms. The average Bonchev–Trinajstić information content (AvgIpc) is 2.35. The van der Waals surface area contributed by atoms with Crippen LogP contribution in [0.15, 0.2) is 18.2 Å². The SMILES string of the molecule is COc1ccc(OCC(C)(C)C(=O)O)c([N+](=O)[O-])c1. The van der Waals surface area contributed by atoms with Crippen molar-refractivity contribution in [3.8, 4) is 11.5 Å². The molecule has 7 nitrogen and oxygen atoms in total. The number of hydrogen-bond acceptors (Lipinski definition) is 5. The molecule has 1 rings (SSSR count). The van der Waals surface area contributed by atoms with Gasteiger partial charge >= 0.3 is 11.7 Å². The molecular weight excluding hydrogens is 254 g/mol. The summed E-state index contributed by atoms with van der Waals surface area (Å²) in [6, 6.07) is 4.12. The summed E-state index contributed by atoms with van der Waals surface area (Å²) in [7, 11) is 1.40. The fourth-order valence-electron chi connectivity index (χ4n) is 1.21. The minimum Gasteiger partial charge on any atom is -0.496 e. The van der Waals surface area contributed by atoms with Crippen LogP contribution in [0, 0.1) is 15.5 Å². The van der Waals surface area contributed by atoms with Crippen molar-refractivity contribution in [3.63, 3.8) is 0 Å². The molecule has 0 heterocycles. The third-order valence-electron chi connectivity index (χ3n) is 2.53. The van der Waals surface area contributed by atoms with E-state index in [1.54, 1.807) is 0 Å². The number of nitro groups is 1. The van der Waals surface area contributed by atoms with E-state index < -0.39 is 16.3 Å². The van der Waals surface area contributed by atoms with E-state index in [9.17, 15) is 14.9 Å². The van der Waals surface area contributed by atoms with Gasteiger partial charge in [0, 0.05) is 0 Å². The minimum absolute atomic E-state index is 0.0140. The van der Waals surface area contributed by atoms with Crippen molar-refractivity contribution < 1.29 is 24.3 Å². The molecular formula is C12H15NO6. The topological polar surface area (TPSA) is 98.9 Å². The second-order valence-electron chi connectivity index (χ2n) is 4.57. The summed E-state index contributed by atoms with van der Waals surface area (Å²) in [5, 5.41) is 19.8. The largest absolute Gasteiger partial charge is 0.496 e. The van der Waals surface area contributed by atoms with Gasteiger partial charge in [0.2, 0.25) is 0 Å². The number of ether oxygens (including phenoxy) is 2. The van der Waals surface area contributed by atoms with Gasteiger partial charge < -0.3 is 14.6 Å². The standard InChI is InChI=1S/C12H15NO6/c1-12(2,11(14)15)7-19-10-5-4-8(18-3)6-9(10)13(16)17/h4-6H,7H2,1-3H3,(H,14,15). The predicted molar refractivity (Wildman–Crippen MR) is 66.6 cm³/mol. The van der Waals surface area contributed by atoms with Gasteiger partial charge in [0.05, 0.1) is 23.5 Å². The Morgan fingerprint density at radius 2 is 2.11 bits per heavy atom. The Balaban J connectivity index is 2.95. The van der Waals surface area contributed by atoms with E-state index in [4.69, 9.17) is 14.6 Å². The highest BCUT2D eigenvalue weighted by Crippen LogP contribution is 2.32. The quantitative estimate of drug-likeness (QED) is 0.627. The van der Waals surface area contributed by atoms with Crippen molar-refractivity contribution in [1.29, 1.82) is 0 Å². The number of methoxy groups -OCH3 is 1. The molecule has 104 valence electrons. The Hall–Kier alpha value is -2.31. The number of carbonyl (C=O) groups is 1. The fraction of sp³-hybridized carbons (Fsp3) is 0.417. The zero-order valence-corrected chi connectivity index (χ0v) is 10.9. The monoisotopic (exact) mass is 269 g/mol. The van der Waals surface area contributed by atoms with Gasteiger partial charge in [0.1, 0.15) is 12.4 Å². The number of carboxylic acid groups (broad SMARTS) is 1. The zero-order valence-electron chi connectivity index (χ0n) is 10.9. The molecule has 0 fully saturated rings. The summed E-state index contributed by atoms with van der Waals surface area (Å²) in [4.78, 5) is 21.2. The molecule has 0 aliphatic carbocycles. The Labute approximate surface area is 109 Å². The predicted octanol–water partition coefficient (Wildman–Crippen LogP) is 2.09. The van der Waals surface area contributed by atoms with E-state index in [-0.39, 0.29) is 18.0 Å². The van der Waals surface area contributed by atoms with Gasteiger partial charge in [-0.1, -0.05) is 0 Å². The van der Waals surface area contributed by atoms with Crippen LogP contribution in [-0.4, -0.2) is 29.7 Å². The van der Waals surface area contributed by atoms with Crippen LogP contribution in [0.5, 0.6) is 11.5 Å². The molecule has 0 saturated heterocycles. The smallest absolute Gasteiger partial charge is 0.314 e. The highest BCUT2D eigenvalue weighted by Gasteiger charge is 2.29. The maximum atomic E-state index is 10.9. The van der Waals surface area contributed by atoms with Crippen LogP contribution in [-0.2, 0) is 4.79 Å². The van der Waals surface area contributed by atoms with Gasteiger partial charge in [-0.15, -0.1) is 0 Å². The third-order valence-corrected chi connectivity index (χ3v) is 2.53. The summed E-state index contributed by atoms with van der Waals surface area (Å²) in [6.07, 6.45) is 0. The molecule has 0 unspecified atom stereocenters. The Morgan fingerprint density at radius 3 is 2.58 bits per heavy atom. The van der Waals surface area contributed by atoms with Crippen LogP contribution < -0.4 is 9.47 Å². The first kappa shape index (κ1) is 14.7. The van der Waals surface area contributed by atoms with Crippen molar-refractivity contribution in [2.24, 2.45) is 5.41 Å². The van der Waals surface area contributed by atoms with Gasteiger partial charge in [-0.25, -0.2) is 0 Å². The molecule has 0 amide bonds. The maximum absolute atomic E-state index is 10.9. The molecule has 1 aromatic carbocycles. The lowest BCUT2D eigenvalue weighted by molar-refractivity contribution is -0.386. The number of hydrogen-bond donors (Lipinski definition) is 1. The van der Waals surface area contributed by atoms with E-state index in [0.29, 0.717) is 5.75 Å². The van der Waals surface area contributed by atoms with Crippen LogP contribution in [0.2, 0.25) is 0 Å². The number of nitrogens with zero attached hydrogens (tertiary/aromatic N) is 1. The van der Waals surface area contributed by atoms with E-state index in [0.717, 1.165) is 0 Å².